The molecule has 0 radical (unpaired) electrons. The van der Waals surface area contributed by atoms with Crippen molar-refractivity contribution in [3.05, 3.63) is 60.0 Å². The van der Waals surface area contributed by atoms with Gasteiger partial charge in [-0.1, -0.05) is 17.3 Å². The summed E-state index contributed by atoms with van der Waals surface area (Å²) in [6.45, 7) is 1.93. The van der Waals surface area contributed by atoms with Gasteiger partial charge in [-0.3, -0.25) is 9.20 Å². The predicted octanol–water partition coefficient (Wildman–Crippen LogP) is 2.77. The Kier molecular flexibility index (Phi) is 4.16. The number of fused-ring (bicyclic) bond motifs is 2. The number of rotatable bonds is 5. The Hall–Kier alpha value is -4.21. The minimum atomic E-state index is -0.358. The third kappa shape index (κ3) is 3.04. The number of hydrogen-bond donors (Lipinski definition) is 1. The second-order valence-corrected chi connectivity index (χ2v) is 6.58. The number of ether oxygens (including phenoxy) is 1. The van der Waals surface area contributed by atoms with Gasteiger partial charge in [0.15, 0.2) is 34.4 Å². The van der Waals surface area contributed by atoms with Crippen molar-refractivity contribution in [1.82, 2.24) is 30.1 Å². The smallest absolute Gasteiger partial charge is 0.287 e. The number of methoxy groups -OCH3 is 1. The van der Waals surface area contributed by atoms with E-state index < -0.39 is 0 Å². The normalized spacial score (nSPS) is 11.3. The van der Waals surface area contributed by atoms with Gasteiger partial charge in [0.05, 0.1) is 13.7 Å². The zero-order valence-corrected chi connectivity index (χ0v) is 16.1. The predicted molar refractivity (Wildman–Crippen MR) is 105 cm³/mol. The number of para-hydroxylation sites is 1. The Morgan fingerprint density at radius 3 is 2.93 bits per heavy atom. The summed E-state index contributed by atoms with van der Waals surface area (Å²) in [4.78, 5) is 16.8. The fraction of sp³-hybridized carbons (Fsp3) is 0.150. The Labute approximate surface area is 169 Å². The molecule has 4 aromatic heterocycles. The molecule has 5 rings (SSSR count). The van der Waals surface area contributed by atoms with Gasteiger partial charge in [-0.05, 0) is 31.2 Å². The van der Waals surface area contributed by atoms with Crippen molar-refractivity contribution < 1.29 is 18.5 Å². The molecule has 0 aliphatic rings. The summed E-state index contributed by atoms with van der Waals surface area (Å²) in [5.74, 6) is 1.94. The third-order valence-corrected chi connectivity index (χ3v) is 4.61. The second-order valence-electron chi connectivity index (χ2n) is 6.58. The standard InChI is InChI=1S/C20H16N6O4/c1-11-22-20(30-25-11)13-6-7-26-16(9-13)23-24-17(26)10-21-19(27)15-8-12-4-3-5-14(28-2)18(12)29-15/h3-9H,10H2,1-2H3,(H,21,27). The monoisotopic (exact) mass is 404 g/mol. The summed E-state index contributed by atoms with van der Waals surface area (Å²) >= 11 is 0. The van der Waals surface area contributed by atoms with Crippen molar-refractivity contribution in [1.29, 1.82) is 0 Å². The number of carbonyl (C=O) groups excluding carboxylic acids is 1. The lowest BCUT2D eigenvalue weighted by molar-refractivity contribution is 0.0924. The van der Waals surface area contributed by atoms with Crippen LogP contribution in [0.3, 0.4) is 0 Å². The van der Waals surface area contributed by atoms with Crippen molar-refractivity contribution in [3.63, 3.8) is 0 Å². The van der Waals surface area contributed by atoms with Crippen LogP contribution in [0.4, 0.5) is 0 Å². The second kappa shape index (κ2) is 6.99. The fourth-order valence-electron chi connectivity index (χ4n) is 3.16. The van der Waals surface area contributed by atoms with Gasteiger partial charge in [-0.25, -0.2) is 0 Å². The Balaban J connectivity index is 1.35. The SMILES string of the molecule is COc1cccc2cc(C(=O)NCc3nnc4cc(-c5nc(C)no5)ccn34)oc12. The Morgan fingerprint density at radius 1 is 1.23 bits per heavy atom. The Morgan fingerprint density at radius 2 is 2.13 bits per heavy atom. The average Bonchev–Trinajstić information content (AvgIpc) is 3.49. The molecular weight excluding hydrogens is 388 g/mol. The van der Waals surface area contributed by atoms with Gasteiger partial charge >= 0.3 is 0 Å². The number of nitrogens with one attached hydrogen (secondary N) is 1. The molecular formula is C20H16N6O4. The van der Waals surface area contributed by atoms with E-state index in [1.165, 1.54) is 0 Å². The highest BCUT2D eigenvalue weighted by Crippen LogP contribution is 2.28. The maximum Gasteiger partial charge on any atom is 0.287 e. The first-order valence-electron chi connectivity index (χ1n) is 9.11. The molecule has 5 aromatic rings. The van der Waals surface area contributed by atoms with Crippen LogP contribution in [0.2, 0.25) is 0 Å². The average molecular weight is 404 g/mol. The molecule has 1 N–H and O–H groups in total. The molecule has 0 saturated carbocycles. The number of benzene rings is 1. The van der Waals surface area contributed by atoms with Crippen LogP contribution < -0.4 is 10.1 Å². The summed E-state index contributed by atoms with van der Waals surface area (Å²) in [6, 6.07) is 10.8. The van der Waals surface area contributed by atoms with Crippen LogP contribution in [0, 0.1) is 6.92 Å². The van der Waals surface area contributed by atoms with Crippen LogP contribution in [-0.2, 0) is 6.54 Å². The summed E-state index contributed by atoms with van der Waals surface area (Å²) in [6.07, 6.45) is 1.79. The molecule has 0 bridgehead atoms. The summed E-state index contributed by atoms with van der Waals surface area (Å²) in [5, 5.41) is 15.7. The summed E-state index contributed by atoms with van der Waals surface area (Å²) in [5.41, 5.74) is 1.87. The lowest BCUT2D eigenvalue weighted by Gasteiger charge is -2.03. The molecule has 1 amide bonds. The number of nitrogens with zero attached hydrogens (tertiary/aromatic N) is 5. The van der Waals surface area contributed by atoms with Crippen molar-refractivity contribution in [2.45, 2.75) is 13.5 Å². The first-order valence-corrected chi connectivity index (χ1v) is 9.11. The van der Waals surface area contributed by atoms with Crippen LogP contribution >= 0.6 is 0 Å². The molecule has 1 aromatic carbocycles. The van der Waals surface area contributed by atoms with Gasteiger partial charge in [0.1, 0.15) is 0 Å². The lowest BCUT2D eigenvalue weighted by Crippen LogP contribution is -2.23. The van der Waals surface area contributed by atoms with Crippen molar-refractivity contribution in [3.8, 4) is 17.2 Å². The molecule has 10 nitrogen and oxygen atoms in total. The van der Waals surface area contributed by atoms with Gasteiger partial charge in [-0.15, -0.1) is 10.2 Å². The highest BCUT2D eigenvalue weighted by atomic mass is 16.5. The quantitative estimate of drug-likeness (QED) is 0.475. The number of pyridine rings is 1. The zero-order valence-electron chi connectivity index (χ0n) is 16.1. The molecule has 0 unspecified atom stereocenters. The summed E-state index contributed by atoms with van der Waals surface area (Å²) < 4.78 is 17.9. The fourth-order valence-corrected chi connectivity index (χ4v) is 3.16. The van der Waals surface area contributed by atoms with Gasteiger partial charge in [0.2, 0.25) is 0 Å². The highest BCUT2D eigenvalue weighted by Gasteiger charge is 2.16. The molecule has 4 heterocycles. The van der Waals surface area contributed by atoms with Gasteiger partial charge in [0, 0.05) is 17.1 Å². The number of furan rings is 1. The first-order chi connectivity index (χ1) is 14.6. The highest BCUT2D eigenvalue weighted by molar-refractivity contribution is 5.97. The summed E-state index contributed by atoms with van der Waals surface area (Å²) in [7, 11) is 1.55. The van der Waals surface area contributed by atoms with Crippen molar-refractivity contribution in [2.75, 3.05) is 7.11 Å². The maximum atomic E-state index is 12.6. The van der Waals surface area contributed by atoms with Crippen LogP contribution in [0.25, 0.3) is 28.1 Å². The number of carbonyl (C=O) groups is 1. The zero-order chi connectivity index (χ0) is 20.7. The van der Waals surface area contributed by atoms with Crippen molar-refractivity contribution >= 4 is 22.5 Å². The van der Waals surface area contributed by atoms with Gasteiger partial charge < -0.3 is 19.0 Å². The molecule has 30 heavy (non-hydrogen) atoms. The number of amides is 1. The maximum absolute atomic E-state index is 12.6. The number of aryl methyl sites for hydroxylation is 1. The van der Waals surface area contributed by atoms with E-state index in [2.05, 4.69) is 25.7 Å². The van der Waals surface area contributed by atoms with E-state index >= 15 is 0 Å². The molecule has 0 fully saturated rings. The van der Waals surface area contributed by atoms with E-state index in [0.29, 0.717) is 34.5 Å². The van der Waals surface area contributed by atoms with E-state index in [-0.39, 0.29) is 18.2 Å². The minimum absolute atomic E-state index is 0.174. The third-order valence-electron chi connectivity index (χ3n) is 4.61. The van der Waals surface area contributed by atoms with Gasteiger partial charge in [-0.2, -0.15) is 4.98 Å². The van der Waals surface area contributed by atoms with E-state index in [9.17, 15) is 4.79 Å². The lowest BCUT2D eigenvalue weighted by atomic mass is 10.2. The first kappa shape index (κ1) is 17.9. The molecule has 0 spiro atoms. The van der Waals surface area contributed by atoms with Gasteiger partial charge in [0.25, 0.3) is 11.8 Å². The molecule has 10 heteroatoms. The molecule has 0 aliphatic carbocycles. The number of aromatic nitrogens is 5. The van der Waals surface area contributed by atoms with Crippen molar-refractivity contribution in [2.24, 2.45) is 0 Å². The van der Waals surface area contributed by atoms with E-state index in [1.54, 1.807) is 42.8 Å². The Bertz CT molecular complexity index is 1380. The van der Waals surface area contributed by atoms with Crippen LogP contribution in [0.5, 0.6) is 5.75 Å². The molecule has 0 atom stereocenters. The minimum Gasteiger partial charge on any atom is -0.493 e. The number of hydrogen-bond acceptors (Lipinski definition) is 8. The topological polar surface area (TPSA) is 121 Å². The van der Waals surface area contributed by atoms with E-state index in [1.807, 2.05) is 18.2 Å². The molecule has 0 aliphatic heterocycles. The van der Waals surface area contributed by atoms with Crippen LogP contribution in [0.1, 0.15) is 22.2 Å². The van der Waals surface area contributed by atoms with Crippen LogP contribution in [0.15, 0.2) is 51.5 Å². The largest absolute Gasteiger partial charge is 0.493 e. The van der Waals surface area contributed by atoms with Crippen LogP contribution in [-0.4, -0.2) is 37.8 Å². The molecule has 0 saturated heterocycles. The van der Waals surface area contributed by atoms with E-state index in [4.69, 9.17) is 13.7 Å². The van der Waals surface area contributed by atoms with E-state index in [0.717, 1.165) is 10.9 Å². The molecule has 150 valence electrons.